The number of aromatic nitrogens is 2. The van der Waals surface area contributed by atoms with E-state index in [-0.39, 0.29) is 11.4 Å². The molecule has 0 saturated carbocycles. The van der Waals surface area contributed by atoms with Gasteiger partial charge in [0, 0.05) is 0 Å². The average molecular weight is 220 g/mol. The monoisotopic (exact) mass is 220 g/mol. The van der Waals surface area contributed by atoms with Crippen LogP contribution in [0.3, 0.4) is 0 Å². The van der Waals surface area contributed by atoms with Gasteiger partial charge < -0.3 is 4.74 Å². The molecule has 5 heteroatoms. The second-order valence-electron chi connectivity index (χ2n) is 3.67. The number of fused-ring (bicyclic) bond motifs is 1. The lowest BCUT2D eigenvalue weighted by Gasteiger charge is -2.05. The van der Waals surface area contributed by atoms with Gasteiger partial charge in [-0.05, 0) is 18.2 Å². The predicted molar refractivity (Wildman–Crippen MR) is 54.8 cm³/mol. The predicted octanol–water partition coefficient (Wildman–Crippen LogP) is 1.33. The first-order valence-corrected chi connectivity index (χ1v) is 4.92. The van der Waals surface area contributed by atoms with Crippen molar-refractivity contribution in [3.63, 3.8) is 0 Å². The average Bonchev–Trinajstić information content (AvgIpc) is 2.83. The number of halogens is 1. The first-order valence-electron chi connectivity index (χ1n) is 4.92. The van der Waals surface area contributed by atoms with E-state index in [1.165, 1.54) is 12.1 Å². The third kappa shape index (κ3) is 1.29. The number of H-pyrrole nitrogens is 1. The summed E-state index contributed by atoms with van der Waals surface area (Å²) in [5, 5.41) is 2.67. The van der Waals surface area contributed by atoms with Crippen molar-refractivity contribution in [3.8, 4) is 5.69 Å². The van der Waals surface area contributed by atoms with Crippen LogP contribution in [0.1, 0.15) is 11.3 Å². The van der Waals surface area contributed by atoms with Gasteiger partial charge in [-0.1, -0.05) is 6.07 Å². The van der Waals surface area contributed by atoms with Gasteiger partial charge >= 0.3 is 0 Å². The molecule has 0 aliphatic carbocycles. The van der Waals surface area contributed by atoms with Gasteiger partial charge in [-0.25, -0.2) is 4.39 Å². The van der Waals surface area contributed by atoms with Crippen LogP contribution in [0.25, 0.3) is 5.69 Å². The molecule has 0 atom stereocenters. The van der Waals surface area contributed by atoms with Crippen molar-refractivity contribution in [2.45, 2.75) is 13.2 Å². The number of aromatic amines is 1. The Morgan fingerprint density at radius 1 is 1.38 bits per heavy atom. The Morgan fingerprint density at radius 3 is 3.06 bits per heavy atom. The van der Waals surface area contributed by atoms with Crippen LogP contribution in [0.2, 0.25) is 0 Å². The number of ether oxygens (including phenoxy) is 1. The highest BCUT2D eigenvalue weighted by Gasteiger charge is 2.21. The maximum atomic E-state index is 13.1. The molecule has 3 rings (SSSR count). The molecule has 4 nitrogen and oxygen atoms in total. The Morgan fingerprint density at radius 2 is 2.25 bits per heavy atom. The van der Waals surface area contributed by atoms with E-state index in [0.717, 1.165) is 5.69 Å². The lowest BCUT2D eigenvalue weighted by Crippen LogP contribution is -2.08. The van der Waals surface area contributed by atoms with Crippen molar-refractivity contribution < 1.29 is 9.13 Å². The summed E-state index contributed by atoms with van der Waals surface area (Å²) in [5.41, 5.74) is 1.83. The molecule has 2 heterocycles. The minimum absolute atomic E-state index is 0.170. The van der Waals surface area contributed by atoms with E-state index in [9.17, 15) is 9.18 Å². The number of nitrogens with zero attached hydrogens (tertiary/aromatic N) is 1. The van der Waals surface area contributed by atoms with Gasteiger partial charge in [-0.3, -0.25) is 14.6 Å². The number of hydrogen-bond acceptors (Lipinski definition) is 2. The maximum absolute atomic E-state index is 13.1. The van der Waals surface area contributed by atoms with Gasteiger partial charge in [0.25, 0.3) is 5.56 Å². The first-order chi connectivity index (χ1) is 7.75. The van der Waals surface area contributed by atoms with Crippen molar-refractivity contribution in [3.05, 3.63) is 51.7 Å². The van der Waals surface area contributed by atoms with Gasteiger partial charge in [-0.15, -0.1) is 0 Å². The molecule has 1 aromatic carbocycles. The van der Waals surface area contributed by atoms with E-state index in [1.807, 2.05) is 0 Å². The lowest BCUT2D eigenvalue weighted by atomic mass is 10.2. The number of rotatable bonds is 1. The second-order valence-corrected chi connectivity index (χ2v) is 3.67. The smallest absolute Gasteiger partial charge is 0.270 e. The molecular formula is C11H9FN2O2. The molecule has 2 aromatic rings. The van der Waals surface area contributed by atoms with Crippen LogP contribution in [0.15, 0.2) is 29.1 Å². The van der Waals surface area contributed by atoms with Gasteiger partial charge in [0.1, 0.15) is 5.82 Å². The van der Waals surface area contributed by atoms with Crippen LogP contribution in [0, 0.1) is 5.82 Å². The number of hydrogen-bond donors (Lipinski definition) is 1. The molecule has 82 valence electrons. The molecule has 1 aliphatic heterocycles. The van der Waals surface area contributed by atoms with Crippen LogP contribution in [0.4, 0.5) is 4.39 Å². The van der Waals surface area contributed by atoms with Crippen molar-refractivity contribution >= 4 is 0 Å². The standard InChI is InChI=1S/C11H9FN2O2/c12-7-2-1-3-8(4-7)14-10-6-16-5-9(10)11(15)13-14/h1-4H,5-6H2,(H,13,15). The number of benzene rings is 1. The molecule has 0 saturated heterocycles. The van der Waals surface area contributed by atoms with E-state index in [1.54, 1.807) is 16.8 Å². The highest BCUT2D eigenvalue weighted by atomic mass is 19.1. The van der Waals surface area contributed by atoms with Crippen LogP contribution >= 0.6 is 0 Å². The molecule has 0 amide bonds. The minimum atomic E-state index is -0.334. The van der Waals surface area contributed by atoms with E-state index in [2.05, 4.69) is 5.10 Å². The molecule has 0 radical (unpaired) electrons. The van der Waals surface area contributed by atoms with E-state index in [0.29, 0.717) is 24.5 Å². The normalized spacial score (nSPS) is 14.1. The molecule has 1 aliphatic rings. The van der Waals surface area contributed by atoms with E-state index >= 15 is 0 Å². The molecular weight excluding hydrogens is 211 g/mol. The third-order valence-corrected chi connectivity index (χ3v) is 2.66. The molecule has 0 unspecified atom stereocenters. The zero-order chi connectivity index (χ0) is 11.1. The van der Waals surface area contributed by atoms with Gasteiger partial charge in [0.2, 0.25) is 0 Å². The molecule has 0 bridgehead atoms. The summed E-state index contributed by atoms with van der Waals surface area (Å²) >= 11 is 0. The summed E-state index contributed by atoms with van der Waals surface area (Å²) in [7, 11) is 0. The van der Waals surface area contributed by atoms with Crippen LogP contribution in [-0.2, 0) is 18.0 Å². The Balaban J connectivity index is 2.21. The van der Waals surface area contributed by atoms with Crippen molar-refractivity contribution in [1.82, 2.24) is 9.78 Å². The van der Waals surface area contributed by atoms with Crippen LogP contribution < -0.4 is 5.56 Å². The first kappa shape index (κ1) is 9.35. The molecule has 0 fully saturated rings. The van der Waals surface area contributed by atoms with Crippen LogP contribution in [-0.4, -0.2) is 9.78 Å². The minimum Gasteiger partial charge on any atom is -0.370 e. The fourth-order valence-electron chi connectivity index (χ4n) is 1.89. The summed E-state index contributed by atoms with van der Waals surface area (Å²) < 4.78 is 19.8. The topological polar surface area (TPSA) is 47.0 Å². The SMILES string of the molecule is O=c1[nH]n(-c2cccc(F)c2)c2c1COC2. The summed E-state index contributed by atoms with van der Waals surface area (Å²) in [6.07, 6.45) is 0. The summed E-state index contributed by atoms with van der Waals surface area (Å²) in [6.45, 7) is 0.706. The molecule has 1 aromatic heterocycles. The fraction of sp³-hybridized carbons (Fsp3) is 0.182. The lowest BCUT2D eigenvalue weighted by molar-refractivity contribution is 0.130. The molecule has 1 N–H and O–H groups in total. The highest BCUT2D eigenvalue weighted by molar-refractivity contribution is 5.36. The number of nitrogens with one attached hydrogen (secondary N) is 1. The van der Waals surface area contributed by atoms with Gasteiger partial charge in [0.15, 0.2) is 0 Å². The third-order valence-electron chi connectivity index (χ3n) is 2.66. The fourth-order valence-corrected chi connectivity index (χ4v) is 1.89. The Labute approximate surface area is 90.3 Å². The summed E-state index contributed by atoms with van der Waals surface area (Å²) in [6, 6.07) is 6.07. The Bertz CT molecular complexity index is 600. The highest BCUT2D eigenvalue weighted by Crippen LogP contribution is 2.19. The van der Waals surface area contributed by atoms with Crippen molar-refractivity contribution in [2.75, 3.05) is 0 Å². The quantitative estimate of drug-likeness (QED) is 0.788. The molecule has 0 spiro atoms. The Kier molecular flexibility index (Phi) is 1.94. The van der Waals surface area contributed by atoms with Crippen LogP contribution in [0.5, 0.6) is 0 Å². The van der Waals surface area contributed by atoms with E-state index in [4.69, 9.17) is 4.74 Å². The zero-order valence-corrected chi connectivity index (χ0v) is 8.37. The van der Waals surface area contributed by atoms with E-state index < -0.39 is 0 Å². The van der Waals surface area contributed by atoms with Gasteiger partial charge in [0.05, 0.1) is 30.2 Å². The van der Waals surface area contributed by atoms with Crippen molar-refractivity contribution in [1.29, 1.82) is 0 Å². The Hall–Kier alpha value is -1.88. The molecule has 16 heavy (non-hydrogen) atoms. The maximum Gasteiger partial charge on any atom is 0.270 e. The largest absolute Gasteiger partial charge is 0.370 e. The zero-order valence-electron chi connectivity index (χ0n) is 8.37. The van der Waals surface area contributed by atoms with Gasteiger partial charge in [-0.2, -0.15) is 0 Å². The second kappa shape index (κ2) is 3.31. The summed E-state index contributed by atoms with van der Waals surface area (Å²) in [5.74, 6) is -0.334. The van der Waals surface area contributed by atoms with Crippen molar-refractivity contribution in [2.24, 2.45) is 0 Å². The summed E-state index contributed by atoms with van der Waals surface area (Å²) in [4.78, 5) is 11.5.